The molecule has 34 heavy (non-hydrogen) atoms. The number of hydrogen-bond donors (Lipinski definition) is 3. The maximum Gasteiger partial charge on any atom is 0.192 e. The lowest BCUT2D eigenvalue weighted by Gasteiger charge is -2.46. The van der Waals surface area contributed by atoms with E-state index in [4.69, 9.17) is 13.6 Å². The average Bonchev–Trinajstić information content (AvgIpc) is 2.96. The summed E-state index contributed by atoms with van der Waals surface area (Å²) in [5.41, 5.74) is -1.07. The first kappa shape index (κ1) is 32.0. The highest BCUT2D eigenvalue weighted by atomic mass is 28.4. The summed E-state index contributed by atoms with van der Waals surface area (Å²) in [5.74, 6) is -0.923. The Hall–Kier alpha value is -0.0662. The molecule has 6 nitrogen and oxygen atoms in total. The molecule has 1 aliphatic rings. The molecule has 0 aromatic carbocycles. The van der Waals surface area contributed by atoms with Crippen LogP contribution in [-0.2, 0) is 13.6 Å². The topological polar surface area (TPSA) is 88.4 Å². The zero-order valence-electron chi connectivity index (χ0n) is 23.9. The first-order valence-corrected chi connectivity index (χ1v) is 18.5. The fourth-order valence-electron chi connectivity index (χ4n) is 4.07. The molecule has 3 N–H and O–H groups in total. The van der Waals surface area contributed by atoms with E-state index < -0.39 is 46.5 Å². The van der Waals surface area contributed by atoms with E-state index in [-0.39, 0.29) is 35.1 Å². The van der Waals surface area contributed by atoms with Crippen LogP contribution < -0.4 is 0 Å². The molecular weight excluding hydrogens is 464 g/mol. The molecule has 1 heterocycles. The normalized spacial score (nSPS) is 29.7. The van der Waals surface area contributed by atoms with Gasteiger partial charge in [-0.1, -0.05) is 54.5 Å². The van der Waals surface area contributed by atoms with Gasteiger partial charge in [-0.15, -0.1) is 6.58 Å². The Bertz CT molecular complexity index is 669. The van der Waals surface area contributed by atoms with Crippen LogP contribution in [0.4, 0.5) is 0 Å². The van der Waals surface area contributed by atoms with Gasteiger partial charge in [0, 0.05) is 31.0 Å². The van der Waals surface area contributed by atoms with Gasteiger partial charge in [-0.05, 0) is 43.2 Å². The third-order valence-electron chi connectivity index (χ3n) is 8.79. The molecule has 0 saturated carbocycles. The maximum absolute atomic E-state index is 11.4. The molecule has 0 radical (unpaired) electrons. The van der Waals surface area contributed by atoms with E-state index in [0.717, 1.165) is 0 Å². The summed E-state index contributed by atoms with van der Waals surface area (Å²) in [6.07, 6.45) is -0.105. The molecule has 8 heteroatoms. The van der Waals surface area contributed by atoms with Gasteiger partial charge in [-0.25, -0.2) is 0 Å². The highest BCUT2D eigenvalue weighted by Crippen LogP contribution is 2.49. The van der Waals surface area contributed by atoms with E-state index in [9.17, 15) is 15.3 Å². The van der Waals surface area contributed by atoms with Gasteiger partial charge >= 0.3 is 0 Å². The second kappa shape index (κ2) is 11.1. The average molecular weight is 519 g/mol. The summed E-state index contributed by atoms with van der Waals surface area (Å²) in [6, 6.07) is 0. The molecule has 0 aromatic heterocycles. The number of aliphatic hydroxyl groups excluding tert-OH is 3. The Morgan fingerprint density at radius 2 is 1.50 bits per heavy atom. The van der Waals surface area contributed by atoms with Crippen LogP contribution in [0.1, 0.15) is 55.4 Å². The summed E-state index contributed by atoms with van der Waals surface area (Å²) < 4.78 is 20.4. The summed E-state index contributed by atoms with van der Waals surface area (Å²) in [7, 11) is -4.35. The van der Waals surface area contributed by atoms with E-state index in [1.165, 1.54) is 0 Å². The molecule has 0 amide bonds. The van der Waals surface area contributed by atoms with Crippen molar-refractivity contribution in [3.63, 3.8) is 0 Å². The molecular formula is C26H54O6Si2. The van der Waals surface area contributed by atoms with Gasteiger partial charge in [-0.3, -0.25) is 0 Å². The zero-order chi connectivity index (χ0) is 26.9. The standard InChI is InChI=1S/C26H54O6Si2/c1-14-19(16-28)21-20(17-30-33(10,11)24(3,4)5)23(32-34(12,13)25(6,7)8)26(9,31-21)22(29)18(2)15-27/h14,18-23,27-29H,1,15-17H2,2-13H3/t18-,19-,20-,21+,22+,23+,26+/m0/s1. The highest BCUT2D eigenvalue weighted by molar-refractivity contribution is 6.74. The largest absolute Gasteiger partial charge is 0.416 e. The van der Waals surface area contributed by atoms with Gasteiger partial charge in [0.2, 0.25) is 0 Å². The van der Waals surface area contributed by atoms with Crippen LogP contribution in [0, 0.1) is 17.8 Å². The third kappa shape index (κ3) is 6.62. The van der Waals surface area contributed by atoms with Crippen molar-refractivity contribution in [1.82, 2.24) is 0 Å². The molecule has 0 aromatic rings. The van der Waals surface area contributed by atoms with Gasteiger partial charge in [0.15, 0.2) is 16.6 Å². The van der Waals surface area contributed by atoms with Crippen molar-refractivity contribution >= 4 is 16.6 Å². The van der Waals surface area contributed by atoms with Crippen molar-refractivity contribution in [1.29, 1.82) is 0 Å². The van der Waals surface area contributed by atoms with E-state index in [0.29, 0.717) is 6.61 Å². The molecule has 0 aliphatic carbocycles. The number of rotatable bonds is 11. The zero-order valence-corrected chi connectivity index (χ0v) is 25.9. The maximum atomic E-state index is 11.4. The van der Waals surface area contributed by atoms with Gasteiger partial charge in [-0.2, -0.15) is 0 Å². The van der Waals surface area contributed by atoms with E-state index >= 15 is 0 Å². The van der Waals surface area contributed by atoms with E-state index in [1.807, 2.05) is 13.8 Å². The number of aliphatic hydroxyl groups is 3. The van der Waals surface area contributed by atoms with Crippen molar-refractivity contribution in [2.45, 2.75) is 116 Å². The molecule has 1 fully saturated rings. The number of ether oxygens (including phenoxy) is 1. The Kier molecular flexibility index (Phi) is 10.5. The van der Waals surface area contributed by atoms with Crippen LogP contribution in [0.3, 0.4) is 0 Å². The monoisotopic (exact) mass is 518 g/mol. The summed E-state index contributed by atoms with van der Waals surface area (Å²) in [4.78, 5) is 0. The van der Waals surface area contributed by atoms with Crippen LogP contribution in [0.5, 0.6) is 0 Å². The van der Waals surface area contributed by atoms with Gasteiger partial charge in [0.05, 0.1) is 24.9 Å². The van der Waals surface area contributed by atoms with E-state index in [1.54, 1.807) is 6.08 Å². The number of hydrogen-bond acceptors (Lipinski definition) is 6. The highest BCUT2D eigenvalue weighted by Gasteiger charge is 2.60. The lowest BCUT2D eigenvalue weighted by atomic mass is 9.80. The third-order valence-corrected chi connectivity index (χ3v) is 17.7. The minimum atomic E-state index is -2.27. The van der Waals surface area contributed by atoms with Crippen molar-refractivity contribution in [2.24, 2.45) is 17.8 Å². The molecule has 0 unspecified atom stereocenters. The molecule has 1 rings (SSSR count). The molecule has 0 spiro atoms. The summed E-state index contributed by atoms with van der Waals surface area (Å²) in [6.45, 7) is 29.8. The van der Waals surface area contributed by atoms with Crippen LogP contribution >= 0.6 is 0 Å². The molecule has 1 saturated heterocycles. The Labute approximate surface area is 211 Å². The van der Waals surface area contributed by atoms with Crippen LogP contribution in [0.2, 0.25) is 36.3 Å². The van der Waals surface area contributed by atoms with Gasteiger partial charge in [0.1, 0.15) is 5.60 Å². The Morgan fingerprint density at radius 3 is 1.88 bits per heavy atom. The van der Waals surface area contributed by atoms with Crippen molar-refractivity contribution in [3.8, 4) is 0 Å². The molecule has 1 aliphatic heterocycles. The lowest BCUT2D eigenvalue weighted by Crippen LogP contribution is -2.58. The second-order valence-corrected chi connectivity index (χ2v) is 23.1. The fourth-order valence-corrected chi connectivity index (χ4v) is 6.51. The van der Waals surface area contributed by atoms with Crippen molar-refractivity contribution in [3.05, 3.63) is 12.7 Å². The first-order chi connectivity index (χ1) is 15.2. The van der Waals surface area contributed by atoms with Crippen molar-refractivity contribution in [2.75, 3.05) is 19.8 Å². The molecule has 7 atom stereocenters. The summed E-state index contributed by atoms with van der Waals surface area (Å²) >= 11 is 0. The van der Waals surface area contributed by atoms with Gasteiger partial charge in [0.25, 0.3) is 0 Å². The Balaban J connectivity index is 3.60. The molecule has 202 valence electrons. The minimum absolute atomic E-state index is 0.0424. The fraction of sp³-hybridized carbons (Fsp3) is 0.923. The first-order valence-electron chi connectivity index (χ1n) is 12.7. The predicted octanol–water partition coefficient (Wildman–Crippen LogP) is 4.96. The second-order valence-electron chi connectivity index (χ2n) is 13.5. The SMILES string of the molecule is C=C[C@@H](CO)[C@H]1O[C@](C)([C@H](O)[C@@H](C)CO)[C@H](O[Si](C)(C)C(C)(C)C)[C@H]1CO[Si](C)(C)C(C)(C)C. The minimum Gasteiger partial charge on any atom is -0.416 e. The van der Waals surface area contributed by atoms with Crippen LogP contribution in [0.15, 0.2) is 12.7 Å². The van der Waals surface area contributed by atoms with Gasteiger partial charge < -0.3 is 28.9 Å². The van der Waals surface area contributed by atoms with Crippen molar-refractivity contribution < 1.29 is 28.9 Å². The van der Waals surface area contributed by atoms with E-state index in [2.05, 4.69) is 74.3 Å². The van der Waals surface area contributed by atoms with Crippen LogP contribution in [-0.4, -0.2) is 75.7 Å². The predicted molar refractivity (Wildman–Crippen MR) is 145 cm³/mol. The smallest absolute Gasteiger partial charge is 0.192 e. The lowest BCUT2D eigenvalue weighted by molar-refractivity contribution is -0.161. The van der Waals surface area contributed by atoms with Crippen LogP contribution in [0.25, 0.3) is 0 Å². The quantitative estimate of drug-likeness (QED) is 0.265. The summed E-state index contributed by atoms with van der Waals surface area (Å²) in [5, 5.41) is 31.4. The Morgan fingerprint density at radius 1 is 1.00 bits per heavy atom. The molecule has 0 bridgehead atoms.